The number of rotatable bonds is 14. The van der Waals surface area contributed by atoms with Gasteiger partial charge in [0.05, 0.1) is 18.7 Å². The van der Waals surface area contributed by atoms with Crippen LogP contribution in [0.5, 0.6) is 0 Å². The summed E-state index contributed by atoms with van der Waals surface area (Å²) in [5, 5.41) is 8.33. The average Bonchev–Trinajstić information content (AvgIpc) is 3.56. The van der Waals surface area contributed by atoms with Gasteiger partial charge in [-0.1, -0.05) is 67.7 Å². The Balaban J connectivity index is 1.68. The predicted molar refractivity (Wildman–Crippen MR) is 161 cm³/mol. The third-order valence-electron chi connectivity index (χ3n) is 8.80. The third-order valence-corrected chi connectivity index (χ3v) is 8.80. The third kappa shape index (κ3) is 9.31. The number of urea groups is 1. The molecule has 6 atom stereocenters. The molecule has 0 spiro atoms. The molecule has 1 aliphatic heterocycles. The quantitative estimate of drug-likeness (QED) is 0.168. The lowest BCUT2D eigenvalue weighted by atomic mass is 9.80. The van der Waals surface area contributed by atoms with E-state index in [0.29, 0.717) is 13.0 Å². The number of carbonyl (C=O) groups excluding carboxylic acids is 6. The molecule has 0 aromatic carbocycles. The van der Waals surface area contributed by atoms with Gasteiger partial charge in [0.2, 0.25) is 17.6 Å². The van der Waals surface area contributed by atoms with Crippen LogP contribution in [0.2, 0.25) is 0 Å². The highest BCUT2D eigenvalue weighted by Crippen LogP contribution is 2.50. The summed E-state index contributed by atoms with van der Waals surface area (Å²) in [6.45, 7) is 13.4. The molecule has 13 nitrogen and oxygen atoms in total. The van der Waals surface area contributed by atoms with E-state index in [1.807, 2.05) is 48.5 Å². The molecule has 248 valence electrons. The molecule has 1 saturated heterocycles. The first kappa shape index (κ1) is 35.1. The second kappa shape index (κ2) is 14.6. The largest absolute Gasteiger partial charge is 0.508 e. The van der Waals surface area contributed by atoms with E-state index in [9.17, 15) is 28.8 Å². The first-order valence-electron chi connectivity index (χ1n) is 15.8. The molecule has 0 aromatic heterocycles. The van der Waals surface area contributed by atoms with Crippen LogP contribution < -0.4 is 21.7 Å². The minimum atomic E-state index is -1.10. The Hall–Kier alpha value is -3.38. The average molecular weight is 622 g/mol. The van der Waals surface area contributed by atoms with E-state index in [2.05, 4.69) is 16.0 Å². The Labute approximate surface area is 260 Å². The lowest BCUT2D eigenvalue weighted by Gasteiger charge is -2.37. The number of primary amides is 1. The van der Waals surface area contributed by atoms with Gasteiger partial charge in [0.25, 0.3) is 5.91 Å². The van der Waals surface area contributed by atoms with Crippen LogP contribution in [0.1, 0.15) is 80.6 Å². The van der Waals surface area contributed by atoms with Crippen molar-refractivity contribution in [3.05, 3.63) is 0 Å². The number of hydrogen-bond acceptors (Lipinski definition) is 8. The number of hydrogen-bond donors (Lipinski definition) is 4. The van der Waals surface area contributed by atoms with Crippen LogP contribution in [0.25, 0.3) is 0 Å². The number of fused-ring (bicyclic) bond motifs is 1. The number of amides is 5. The van der Waals surface area contributed by atoms with Gasteiger partial charge in [-0.3, -0.25) is 19.2 Å². The predicted octanol–water partition coefficient (Wildman–Crippen LogP) is 2.11. The summed E-state index contributed by atoms with van der Waals surface area (Å²) < 4.78 is 10.2. The highest BCUT2D eigenvalue weighted by molar-refractivity contribution is 6.37. The molecule has 5 N–H and O–H groups in total. The molecule has 3 aliphatic rings. The minimum Gasteiger partial charge on any atom is -0.434 e. The van der Waals surface area contributed by atoms with Crippen LogP contribution in [0.15, 0.2) is 0 Å². The second-order valence-corrected chi connectivity index (χ2v) is 14.5. The fraction of sp³-hybridized carbons (Fsp3) is 0.806. The molecule has 3 rings (SSSR count). The molecular weight excluding hydrogens is 570 g/mol. The summed E-state index contributed by atoms with van der Waals surface area (Å²) in [4.78, 5) is 78.5. The number of nitrogens with one attached hydrogen (secondary N) is 3. The summed E-state index contributed by atoms with van der Waals surface area (Å²) in [5.41, 5.74) is 4.56. The van der Waals surface area contributed by atoms with Crippen LogP contribution in [-0.4, -0.2) is 84.5 Å². The van der Waals surface area contributed by atoms with Crippen LogP contribution in [0.4, 0.5) is 9.59 Å². The van der Waals surface area contributed by atoms with Gasteiger partial charge in [0, 0.05) is 6.54 Å². The number of nitrogens with two attached hydrogens (primary N) is 1. The van der Waals surface area contributed by atoms with Gasteiger partial charge in [-0.25, -0.2) is 9.59 Å². The van der Waals surface area contributed by atoms with Gasteiger partial charge >= 0.3 is 12.2 Å². The maximum atomic E-state index is 14.0. The molecule has 2 saturated carbocycles. The summed E-state index contributed by atoms with van der Waals surface area (Å²) in [7, 11) is 0. The molecule has 13 heteroatoms. The smallest absolute Gasteiger partial charge is 0.434 e. The van der Waals surface area contributed by atoms with Gasteiger partial charge in [0.15, 0.2) is 0 Å². The number of Topliss-reactive ketones (excluding diaryl/α,β-unsaturated/α-hetero) is 1. The zero-order valence-electron chi connectivity index (χ0n) is 27.1. The van der Waals surface area contributed by atoms with E-state index in [0.717, 1.165) is 25.7 Å². The van der Waals surface area contributed by atoms with Gasteiger partial charge < -0.3 is 36.1 Å². The Morgan fingerprint density at radius 3 is 2.09 bits per heavy atom. The van der Waals surface area contributed by atoms with Crippen LogP contribution in [0, 0.1) is 35.0 Å². The molecule has 44 heavy (non-hydrogen) atoms. The van der Waals surface area contributed by atoms with Crippen molar-refractivity contribution in [3.63, 3.8) is 0 Å². The van der Waals surface area contributed by atoms with Crippen molar-refractivity contribution in [2.24, 2.45) is 40.7 Å². The highest BCUT2D eigenvalue weighted by Gasteiger charge is 2.58. The first-order valence-corrected chi connectivity index (χ1v) is 15.8. The van der Waals surface area contributed by atoms with E-state index < -0.39 is 65.3 Å². The number of ether oxygens (including phenoxy) is 2. The van der Waals surface area contributed by atoms with E-state index in [1.54, 1.807) is 0 Å². The van der Waals surface area contributed by atoms with Gasteiger partial charge in [-0.15, -0.1) is 0 Å². The Morgan fingerprint density at radius 2 is 1.57 bits per heavy atom. The summed E-state index contributed by atoms with van der Waals surface area (Å²) in [5.74, 6) is -2.45. The molecule has 0 bridgehead atoms. The SMILES string of the molecule is CC(C)COC(=O)OC[C@@H](NC(=O)NC(C(=O)N1C[C@@H]2C[C@@H]2C1C(=O)NC(CC1CCC1)C(=O)C(N)=O)C(C)(C)C)C(C)C. The highest BCUT2D eigenvalue weighted by atomic mass is 16.7. The Kier molecular flexibility index (Phi) is 11.6. The van der Waals surface area contributed by atoms with Crippen LogP contribution in [0.3, 0.4) is 0 Å². The van der Waals surface area contributed by atoms with Crippen molar-refractivity contribution in [2.45, 2.75) is 105 Å². The molecular formula is C31H51N5O8. The number of carbonyl (C=O) groups is 6. The number of likely N-dealkylation sites (tertiary alicyclic amines) is 1. The number of piperidine rings is 1. The molecule has 5 amide bonds. The molecule has 0 radical (unpaired) electrons. The summed E-state index contributed by atoms with van der Waals surface area (Å²) in [6.07, 6.45) is 3.18. The monoisotopic (exact) mass is 621 g/mol. The zero-order chi connectivity index (χ0) is 32.9. The molecule has 3 unspecified atom stereocenters. The van der Waals surface area contributed by atoms with Crippen LogP contribution in [-0.2, 0) is 28.7 Å². The van der Waals surface area contributed by atoms with Crippen molar-refractivity contribution >= 4 is 35.7 Å². The van der Waals surface area contributed by atoms with Crippen LogP contribution >= 0.6 is 0 Å². The fourth-order valence-corrected chi connectivity index (χ4v) is 5.74. The molecule has 0 aromatic rings. The van der Waals surface area contributed by atoms with Crippen molar-refractivity contribution in [2.75, 3.05) is 19.8 Å². The molecule has 2 aliphatic carbocycles. The Bertz CT molecular complexity index is 1100. The van der Waals surface area contributed by atoms with E-state index >= 15 is 0 Å². The standard InChI is InChI=1S/C31H51N5O8/c1-16(2)14-43-30(42)44-15-22(17(3)4)34-29(41)35-25(31(5,6)7)28(40)36-13-19-12-20(19)23(36)27(39)33-21(24(37)26(32)38)11-18-9-8-10-18/h16-23,25H,8-15H2,1-7H3,(H2,32,38)(H,33,39)(H2,34,35,41)/t19-,20-,21?,22+,23?,25?/m0/s1. The maximum Gasteiger partial charge on any atom is 0.508 e. The lowest BCUT2D eigenvalue weighted by Crippen LogP contribution is -2.61. The van der Waals surface area contributed by atoms with Crippen molar-refractivity contribution in [1.29, 1.82) is 0 Å². The lowest BCUT2D eigenvalue weighted by molar-refractivity contribution is -0.144. The van der Waals surface area contributed by atoms with Gasteiger partial charge in [0.1, 0.15) is 18.7 Å². The first-order chi connectivity index (χ1) is 20.5. The van der Waals surface area contributed by atoms with E-state index in [1.165, 1.54) is 4.90 Å². The Morgan fingerprint density at radius 1 is 0.932 bits per heavy atom. The fourth-order valence-electron chi connectivity index (χ4n) is 5.74. The molecule has 1 heterocycles. The summed E-state index contributed by atoms with van der Waals surface area (Å²) >= 11 is 0. The number of nitrogens with zero attached hydrogens (tertiary/aromatic N) is 1. The van der Waals surface area contributed by atoms with Crippen molar-refractivity contribution in [1.82, 2.24) is 20.9 Å². The topological polar surface area (TPSA) is 186 Å². The maximum absolute atomic E-state index is 14.0. The zero-order valence-corrected chi connectivity index (χ0v) is 27.1. The molecule has 3 fully saturated rings. The van der Waals surface area contributed by atoms with E-state index in [-0.39, 0.29) is 42.8 Å². The van der Waals surface area contributed by atoms with E-state index in [4.69, 9.17) is 15.2 Å². The van der Waals surface area contributed by atoms with Crippen molar-refractivity contribution in [3.8, 4) is 0 Å². The van der Waals surface area contributed by atoms with Gasteiger partial charge in [-0.05, 0) is 47.8 Å². The normalized spacial score (nSPS) is 23.1. The summed E-state index contributed by atoms with van der Waals surface area (Å²) in [6, 6.07) is -4.00. The van der Waals surface area contributed by atoms with Crippen molar-refractivity contribution < 1.29 is 38.2 Å². The minimum absolute atomic E-state index is 0.0562. The number of ketones is 1. The second-order valence-electron chi connectivity index (χ2n) is 14.5. The van der Waals surface area contributed by atoms with Gasteiger partial charge in [-0.2, -0.15) is 0 Å².